The molecule has 6 nitrogen and oxygen atoms in total. The van der Waals surface area contributed by atoms with Crippen molar-refractivity contribution in [3.8, 4) is 0 Å². The second-order valence-corrected chi connectivity index (χ2v) is 7.53. The first-order valence-corrected chi connectivity index (χ1v) is 9.86. The molecule has 2 rings (SSSR count). The van der Waals surface area contributed by atoms with Crippen molar-refractivity contribution in [1.29, 1.82) is 0 Å². The van der Waals surface area contributed by atoms with Crippen LogP contribution in [0.15, 0.2) is 0 Å². The molecule has 0 spiro atoms. The molecule has 2 saturated heterocycles. The van der Waals surface area contributed by atoms with Crippen LogP contribution in [0.4, 0.5) is 0 Å². The third-order valence-corrected chi connectivity index (χ3v) is 6.00. The summed E-state index contributed by atoms with van der Waals surface area (Å²) in [5.41, 5.74) is 0. The Morgan fingerprint density at radius 3 is 2.24 bits per heavy atom. The van der Waals surface area contributed by atoms with Gasteiger partial charge < -0.3 is 19.3 Å². The molecule has 2 aliphatic rings. The fraction of sp³-hybridized carbons (Fsp3) is 1.00. The zero-order chi connectivity index (χ0) is 18.2. The van der Waals surface area contributed by atoms with Crippen molar-refractivity contribution in [2.75, 3.05) is 53.7 Å². The first kappa shape index (κ1) is 21.1. The van der Waals surface area contributed by atoms with E-state index in [9.17, 15) is 5.11 Å². The number of ether oxygens (including phenoxy) is 3. The average molecular weight is 359 g/mol. The second-order valence-electron chi connectivity index (χ2n) is 7.53. The van der Waals surface area contributed by atoms with Crippen molar-refractivity contribution < 1.29 is 19.3 Å². The lowest BCUT2D eigenvalue weighted by molar-refractivity contribution is -0.0571. The van der Waals surface area contributed by atoms with Crippen molar-refractivity contribution in [2.45, 2.75) is 69.9 Å². The zero-order valence-electron chi connectivity index (χ0n) is 16.5. The van der Waals surface area contributed by atoms with Crippen molar-refractivity contribution >= 4 is 0 Å². The summed E-state index contributed by atoms with van der Waals surface area (Å²) >= 11 is 0. The maximum atomic E-state index is 9.67. The molecule has 0 aromatic carbocycles. The Morgan fingerprint density at radius 1 is 1.00 bits per heavy atom. The molecule has 5 atom stereocenters. The zero-order valence-corrected chi connectivity index (χ0v) is 16.5. The third kappa shape index (κ3) is 5.88. The van der Waals surface area contributed by atoms with Crippen LogP contribution in [-0.2, 0) is 14.2 Å². The maximum Gasteiger partial charge on any atom is 0.0699 e. The molecule has 2 aliphatic heterocycles. The number of nitrogens with zero attached hydrogens (tertiary/aromatic N) is 2. The highest BCUT2D eigenvalue weighted by Gasteiger charge is 2.32. The topological polar surface area (TPSA) is 54.4 Å². The predicted octanol–water partition coefficient (Wildman–Crippen LogP) is 1.36. The molecule has 2 fully saturated rings. The van der Waals surface area contributed by atoms with E-state index in [0.29, 0.717) is 24.8 Å². The average Bonchev–Trinajstić information content (AvgIpc) is 2.67. The Labute approximate surface area is 153 Å². The van der Waals surface area contributed by atoms with Crippen LogP contribution in [0.2, 0.25) is 0 Å². The maximum absolute atomic E-state index is 9.67. The molecule has 2 heterocycles. The Bertz CT molecular complexity index is 371. The van der Waals surface area contributed by atoms with Gasteiger partial charge in [0.2, 0.25) is 0 Å². The number of aliphatic hydroxyl groups excluding tert-OH is 1. The van der Waals surface area contributed by atoms with Gasteiger partial charge in [-0.3, -0.25) is 9.80 Å². The van der Waals surface area contributed by atoms with E-state index in [0.717, 1.165) is 51.9 Å². The third-order valence-electron chi connectivity index (χ3n) is 6.00. The van der Waals surface area contributed by atoms with Crippen LogP contribution in [0.5, 0.6) is 0 Å². The summed E-state index contributed by atoms with van der Waals surface area (Å²) in [5, 5.41) is 9.67. The molecule has 6 heteroatoms. The largest absolute Gasteiger partial charge is 0.395 e. The summed E-state index contributed by atoms with van der Waals surface area (Å²) in [6.45, 7) is 9.02. The molecule has 0 saturated carbocycles. The normalized spacial score (nSPS) is 33.5. The number of methoxy groups -OCH3 is 2. The van der Waals surface area contributed by atoms with Gasteiger partial charge in [-0.05, 0) is 39.2 Å². The highest BCUT2D eigenvalue weighted by Crippen LogP contribution is 2.22. The first-order chi connectivity index (χ1) is 12.1. The van der Waals surface area contributed by atoms with Gasteiger partial charge >= 0.3 is 0 Å². The van der Waals surface area contributed by atoms with E-state index in [4.69, 9.17) is 14.2 Å². The number of likely N-dealkylation sites (N-methyl/N-ethyl adjacent to an activating group) is 1. The van der Waals surface area contributed by atoms with Gasteiger partial charge in [-0.15, -0.1) is 0 Å². The van der Waals surface area contributed by atoms with Gasteiger partial charge in [0, 0.05) is 45.4 Å². The highest BCUT2D eigenvalue weighted by molar-refractivity contribution is 4.85. The molecule has 0 aromatic rings. The summed E-state index contributed by atoms with van der Waals surface area (Å²) in [4.78, 5) is 4.83. The summed E-state index contributed by atoms with van der Waals surface area (Å²) < 4.78 is 17.1. The highest BCUT2D eigenvalue weighted by atomic mass is 16.5. The lowest BCUT2D eigenvalue weighted by atomic mass is 9.98. The second kappa shape index (κ2) is 10.8. The van der Waals surface area contributed by atoms with Crippen LogP contribution in [0.3, 0.4) is 0 Å². The van der Waals surface area contributed by atoms with Crippen LogP contribution >= 0.6 is 0 Å². The van der Waals surface area contributed by atoms with Crippen molar-refractivity contribution in [3.63, 3.8) is 0 Å². The standard InChI is InChI=1S/C19H38N2O4/c1-5-20-10-18(23-3)9-7-17(20)14-25-13-15(2)21-11-19(24-4)8-6-16(21)12-22/h15-19,22H,5-14H2,1-4H3/t15?,16-,17+,18-,19+/m1/s1. The molecule has 0 aliphatic carbocycles. The van der Waals surface area contributed by atoms with Gasteiger partial charge in [-0.1, -0.05) is 6.92 Å². The van der Waals surface area contributed by atoms with Crippen molar-refractivity contribution in [3.05, 3.63) is 0 Å². The fourth-order valence-corrected chi connectivity index (χ4v) is 4.25. The molecule has 25 heavy (non-hydrogen) atoms. The number of hydrogen-bond acceptors (Lipinski definition) is 6. The van der Waals surface area contributed by atoms with Crippen LogP contribution in [0.1, 0.15) is 39.5 Å². The van der Waals surface area contributed by atoms with E-state index in [1.807, 2.05) is 0 Å². The van der Waals surface area contributed by atoms with E-state index in [1.54, 1.807) is 14.2 Å². The lowest BCUT2D eigenvalue weighted by Gasteiger charge is -2.42. The molecular weight excluding hydrogens is 320 g/mol. The summed E-state index contributed by atoms with van der Waals surface area (Å²) in [5.74, 6) is 0. The van der Waals surface area contributed by atoms with Crippen molar-refractivity contribution in [2.24, 2.45) is 0 Å². The number of hydrogen-bond donors (Lipinski definition) is 1. The first-order valence-electron chi connectivity index (χ1n) is 9.86. The summed E-state index contributed by atoms with van der Waals surface area (Å²) in [7, 11) is 3.58. The fourth-order valence-electron chi connectivity index (χ4n) is 4.25. The molecule has 148 valence electrons. The van der Waals surface area contributed by atoms with E-state index in [2.05, 4.69) is 23.6 Å². The van der Waals surface area contributed by atoms with Gasteiger partial charge in [-0.25, -0.2) is 0 Å². The SMILES string of the molecule is CCN1C[C@H](OC)CC[C@H]1COCC(C)N1C[C@@H](OC)CC[C@@H]1CO. The van der Waals surface area contributed by atoms with Gasteiger partial charge in [0.1, 0.15) is 0 Å². The number of likely N-dealkylation sites (tertiary alicyclic amines) is 2. The smallest absolute Gasteiger partial charge is 0.0699 e. The lowest BCUT2D eigenvalue weighted by Crippen LogP contribution is -2.53. The van der Waals surface area contributed by atoms with E-state index in [-0.39, 0.29) is 18.8 Å². The minimum Gasteiger partial charge on any atom is -0.395 e. The Morgan fingerprint density at radius 2 is 1.64 bits per heavy atom. The van der Waals surface area contributed by atoms with E-state index in [1.165, 1.54) is 0 Å². The molecule has 0 bridgehead atoms. The van der Waals surface area contributed by atoms with Gasteiger partial charge in [0.15, 0.2) is 0 Å². The minimum atomic E-state index is 0.214. The van der Waals surface area contributed by atoms with Crippen LogP contribution < -0.4 is 0 Å². The predicted molar refractivity (Wildman–Crippen MR) is 99.0 cm³/mol. The monoisotopic (exact) mass is 358 g/mol. The Kier molecular flexibility index (Phi) is 9.10. The Balaban J connectivity index is 1.77. The summed E-state index contributed by atoms with van der Waals surface area (Å²) in [6, 6.07) is 1.01. The quantitative estimate of drug-likeness (QED) is 0.672. The number of piperidine rings is 2. The minimum absolute atomic E-state index is 0.214. The van der Waals surface area contributed by atoms with Crippen molar-refractivity contribution in [1.82, 2.24) is 9.80 Å². The molecule has 1 N–H and O–H groups in total. The molecular formula is C19H38N2O4. The molecule has 0 aromatic heterocycles. The van der Waals surface area contributed by atoms with E-state index >= 15 is 0 Å². The van der Waals surface area contributed by atoms with Gasteiger partial charge in [0.25, 0.3) is 0 Å². The number of aliphatic hydroxyl groups is 1. The number of rotatable bonds is 9. The van der Waals surface area contributed by atoms with E-state index < -0.39 is 0 Å². The van der Waals surface area contributed by atoms with Gasteiger partial charge in [-0.2, -0.15) is 0 Å². The molecule has 0 radical (unpaired) electrons. The van der Waals surface area contributed by atoms with Crippen LogP contribution in [0, 0.1) is 0 Å². The summed E-state index contributed by atoms with van der Waals surface area (Å²) in [6.07, 6.45) is 4.90. The Hall–Kier alpha value is -0.240. The molecule has 1 unspecified atom stereocenters. The molecule has 0 amide bonds. The van der Waals surface area contributed by atoms with Crippen LogP contribution in [0.25, 0.3) is 0 Å². The van der Waals surface area contributed by atoms with Crippen LogP contribution in [-0.4, -0.2) is 98.9 Å². The van der Waals surface area contributed by atoms with Gasteiger partial charge in [0.05, 0.1) is 32.0 Å².